The van der Waals surface area contributed by atoms with Gasteiger partial charge in [-0.1, -0.05) is 18.6 Å². The van der Waals surface area contributed by atoms with E-state index in [9.17, 15) is 24.6 Å². The Labute approximate surface area is 170 Å². The average molecular weight is 409 g/mol. The topological polar surface area (TPSA) is 162 Å². The van der Waals surface area contributed by atoms with Crippen molar-refractivity contribution in [2.75, 3.05) is 6.54 Å². The maximum Gasteiger partial charge on any atom is 0.303 e. The van der Waals surface area contributed by atoms with Crippen molar-refractivity contribution in [3.8, 4) is 5.75 Å². The Bertz CT molecular complexity index is 638. The molecule has 0 saturated heterocycles. The van der Waals surface area contributed by atoms with Crippen molar-refractivity contribution in [3.05, 3.63) is 29.8 Å². The second-order valence-corrected chi connectivity index (χ2v) is 6.93. The lowest BCUT2D eigenvalue weighted by Gasteiger charge is -2.27. The van der Waals surface area contributed by atoms with E-state index in [1.165, 1.54) is 12.1 Å². The molecule has 7 N–H and O–H groups in total. The smallest absolute Gasteiger partial charge is 0.303 e. The van der Waals surface area contributed by atoms with Crippen LogP contribution >= 0.6 is 0 Å². The number of aldehydes is 1. The molecule has 1 aromatic rings. The van der Waals surface area contributed by atoms with Gasteiger partial charge in [-0.05, 0) is 49.9 Å². The van der Waals surface area contributed by atoms with E-state index in [4.69, 9.17) is 10.8 Å². The van der Waals surface area contributed by atoms with Crippen LogP contribution in [0.4, 0.5) is 0 Å². The number of aliphatic hydroxyl groups is 1. The molecule has 1 unspecified atom stereocenters. The van der Waals surface area contributed by atoms with Gasteiger partial charge in [0, 0.05) is 12.8 Å². The molecule has 0 aliphatic rings. The van der Waals surface area contributed by atoms with Gasteiger partial charge in [0.15, 0.2) is 0 Å². The van der Waals surface area contributed by atoms with Crippen molar-refractivity contribution in [1.82, 2.24) is 10.6 Å². The zero-order valence-corrected chi connectivity index (χ0v) is 16.4. The number of aliphatic carboxylic acids is 1. The van der Waals surface area contributed by atoms with Gasteiger partial charge in [-0.3, -0.25) is 14.9 Å². The molecule has 3 atom stereocenters. The number of aromatic hydroxyl groups is 1. The number of carbonyl (C=O) groups is 3. The predicted octanol–water partition coefficient (Wildman–Crippen LogP) is 0.279. The van der Waals surface area contributed by atoms with Crippen LogP contribution in [-0.4, -0.2) is 58.3 Å². The van der Waals surface area contributed by atoms with Crippen LogP contribution in [0.3, 0.4) is 0 Å². The van der Waals surface area contributed by atoms with Crippen LogP contribution in [-0.2, 0) is 20.8 Å². The third-order valence-corrected chi connectivity index (χ3v) is 4.45. The number of phenols is 1. The Morgan fingerprint density at radius 3 is 2.38 bits per heavy atom. The lowest BCUT2D eigenvalue weighted by molar-refractivity contribution is -0.137. The van der Waals surface area contributed by atoms with E-state index in [0.717, 1.165) is 18.4 Å². The number of carboxylic acids is 1. The maximum atomic E-state index is 12.3. The second kappa shape index (κ2) is 13.6. The Morgan fingerprint density at radius 2 is 1.79 bits per heavy atom. The molecule has 9 heteroatoms. The normalized spacial score (nSPS) is 14.0. The highest BCUT2D eigenvalue weighted by molar-refractivity contribution is 5.76. The van der Waals surface area contributed by atoms with E-state index in [2.05, 4.69) is 10.6 Å². The number of carboxylic acid groups (broad SMARTS) is 1. The standard InChI is InChI=1S/C20H31N3O6/c21-11-3-1-2-4-18(26)23-17(12-14-5-8-16(25)9-6-14)20(29)22-15(13-24)7-10-19(27)28/h5-6,8-9,13,15,17,20,22,25,29H,1-4,7,10-12,21H2,(H,23,26)(H,27,28)/t15-,17+,20?/m1/s1. The summed E-state index contributed by atoms with van der Waals surface area (Å²) in [5.74, 6) is -1.18. The van der Waals surface area contributed by atoms with Gasteiger partial charge in [-0.25, -0.2) is 0 Å². The van der Waals surface area contributed by atoms with Gasteiger partial charge in [0.25, 0.3) is 0 Å². The summed E-state index contributed by atoms with van der Waals surface area (Å²) in [5, 5.41) is 34.2. The van der Waals surface area contributed by atoms with Gasteiger partial charge < -0.3 is 31.2 Å². The third-order valence-electron chi connectivity index (χ3n) is 4.45. The molecule has 29 heavy (non-hydrogen) atoms. The van der Waals surface area contributed by atoms with E-state index >= 15 is 0 Å². The van der Waals surface area contributed by atoms with Crippen molar-refractivity contribution in [3.63, 3.8) is 0 Å². The van der Waals surface area contributed by atoms with Crippen LogP contribution in [0.1, 0.15) is 44.1 Å². The summed E-state index contributed by atoms with van der Waals surface area (Å²) in [4.78, 5) is 34.2. The minimum Gasteiger partial charge on any atom is -0.508 e. The summed E-state index contributed by atoms with van der Waals surface area (Å²) in [6.07, 6.45) is 1.96. The van der Waals surface area contributed by atoms with E-state index in [0.29, 0.717) is 19.3 Å². The van der Waals surface area contributed by atoms with Crippen molar-refractivity contribution in [2.24, 2.45) is 5.73 Å². The van der Waals surface area contributed by atoms with Crippen molar-refractivity contribution in [2.45, 2.75) is 63.3 Å². The fraction of sp³-hybridized carbons (Fsp3) is 0.550. The number of benzene rings is 1. The van der Waals surface area contributed by atoms with E-state index in [-0.39, 0.29) is 37.3 Å². The van der Waals surface area contributed by atoms with Crippen molar-refractivity contribution in [1.29, 1.82) is 0 Å². The van der Waals surface area contributed by atoms with Crippen molar-refractivity contribution >= 4 is 18.2 Å². The number of amides is 1. The molecule has 162 valence electrons. The summed E-state index contributed by atoms with van der Waals surface area (Å²) in [7, 11) is 0. The summed E-state index contributed by atoms with van der Waals surface area (Å²) < 4.78 is 0. The number of carbonyl (C=O) groups excluding carboxylic acids is 2. The molecular weight excluding hydrogens is 378 g/mol. The van der Waals surface area contributed by atoms with Gasteiger partial charge in [0.1, 0.15) is 18.3 Å². The maximum absolute atomic E-state index is 12.3. The van der Waals surface area contributed by atoms with Gasteiger partial charge in [-0.15, -0.1) is 0 Å². The molecular formula is C20H31N3O6. The first-order valence-corrected chi connectivity index (χ1v) is 9.74. The number of nitrogens with two attached hydrogens (primary N) is 1. The van der Waals surface area contributed by atoms with Crippen LogP contribution in [0.25, 0.3) is 0 Å². The van der Waals surface area contributed by atoms with Crippen LogP contribution < -0.4 is 16.4 Å². The largest absolute Gasteiger partial charge is 0.508 e. The molecule has 0 aromatic heterocycles. The highest BCUT2D eigenvalue weighted by Gasteiger charge is 2.24. The van der Waals surface area contributed by atoms with Gasteiger partial charge in [0.05, 0.1) is 12.1 Å². The minimum absolute atomic E-state index is 0.0227. The van der Waals surface area contributed by atoms with Crippen LogP contribution in [0.15, 0.2) is 24.3 Å². The summed E-state index contributed by atoms with van der Waals surface area (Å²) in [6, 6.07) is 4.75. The van der Waals surface area contributed by atoms with Crippen molar-refractivity contribution < 1.29 is 29.7 Å². The molecule has 0 saturated carbocycles. The zero-order valence-electron chi connectivity index (χ0n) is 16.4. The van der Waals surface area contributed by atoms with E-state index < -0.39 is 24.3 Å². The number of hydrogen-bond acceptors (Lipinski definition) is 7. The lowest BCUT2D eigenvalue weighted by atomic mass is 10.0. The molecule has 0 bridgehead atoms. The quantitative estimate of drug-likeness (QED) is 0.137. The van der Waals surface area contributed by atoms with E-state index in [1.54, 1.807) is 12.1 Å². The van der Waals surface area contributed by atoms with Crippen LogP contribution in [0.2, 0.25) is 0 Å². The number of unbranched alkanes of at least 4 members (excludes halogenated alkanes) is 2. The molecule has 0 aliphatic heterocycles. The Balaban J connectivity index is 2.75. The molecule has 0 radical (unpaired) electrons. The zero-order chi connectivity index (χ0) is 21.6. The highest BCUT2D eigenvalue weighted by Crippen LogP contribution is 2.13. The predicted molar refractivity (Wildman–Crippen MR) is 107 cm³/mol. The number of hydrogen-bond donors (Lipinski definition) is 6. The lowest BCUT2D eigenvalue weighted by Crippen LogP contribution is -2.54. The van der Waals surface area contributed by atoms with Gasteiger partial charge in [-0.2, -0.15) is 0 Å². The second-order valence-electron chi connectivity index (χ2n) is 6.93. The Hall–Kier alpha value is -2.49. The van der Waals surface area contributed by atoms with Gasteiger partial charge in [0.2, 0.25) is 5.91 Å². The first-order valence-electron chi connectivity index (χ1n) is 9.74. The highest BCUT2D eigenvalue weighted by atomic mass is 16.4. The molecule has 1 rings (SSSR count). The summed E-state index contributed by atoms with van der Waals surface area (Å²) in [5.41, 5.74) is 6.21. The molecule has 9 nitrogen and oxygen atoms in total. The first kappa shape index (κ1) is 24.5. The fourth-order valence-corrected chi connectivity index (χ4v) is 2.82. The van der Waals surface area contributed by atoms with Crippen LogP contribution in [0, 0.1) is 0 Å². The average Bonchev–Trinajstić information content (AvgIpc) is 2.69. The summed E-state index contributed by atoms with van der Waals surface area (Å²) in [6.45, 7) is 0.567. The molecule has 0 fully saturated rings. The Morgan fingerprint density at radius 1 is 1.10 bits per heavy atom. The molecule has 0 aliphatic carbocycles. The fourth-order valence-electron chi connectivity index (χ4n) is 2.82. The number of nitrogens with one attached hydrogen (secondary N) is 2. The van der Waals surface area contributed by atoms with Gasteiger partial charge >= 0.3 is 5.97 Å². The van der Waals surface area contributed by atoms with Crippen LogP contribution in [0.5, 0.6) is 5.75 Å². The number of aliphatic hydroxyl groups excluding tert-OH is 1. The third kappa shape index (κ3) is 10.6. The molecule has 0 spiro atoms. The number of phenolic OH excluding ortho intramolecular Hbond substituents is 1. The molecule has 1 aromatic carbocycles. The van der Waals surface area contributed by atoms with E-state index in [1.807, 2.05) is 0 Å². The minimum atomic E-state index is -1.26. The molecule has 0 heterocycles. The first-order chi connectivity index (χ1) is 13.8. The number of rotatable bonds is 15. The Kier molecular flexibility index (Phi) is 11.6. The monoisotopic (exact) mass is 409 g/mol. The molecule has 1 amide bonds. The summed E-state index contributed by atoms with van der Waals surface area (Å²) >= 11 is 0. The SMILES string of the molecule is NCCCCCC(=O)N[C@@H](Cc1ccc(O)cc1)C(O)N[C@@H](C=O)CCC(=O)O.